The van der Waals surface area contributed by atoms with E-state index in [1.54, 1.807) is 0 Å². The van der Waals surface area contributed by atoms with Crippen molar-refractivity contribution in [1.29, 1.82) is 0 Å². The zero-order chi connectivity index (χ0) is 22.1. The molecule has 8 nitrogen and oxygen atoms in total. The Kier molecular flexibility index (Phi) is 14.6. The summed E-state index contributed by atoms with van der Waals surface area (Å²) >= 11 is 0. The Morgan fingerprint density at radius 3 is 1.93 bits per heavy atom. The highest BCUT2D eigenvalue weighted by Gasteiger charge is 2.28. The Morgan fingerprint density at radius 1 is 0.828 bits per heavy atom. The predicted molar refractivity (Wildman–Crippen MR) is 106 cm³/mol. The highest BCUT2D eigenvalue weighted by molar-refractivity contribution is 5.79. The average Bonchev–Trinajstić information content (AvgIpc) is 2.62. The van der Waals surface area contributed by atoms with Crippen molar-refractivity contribution in [2.45, 2.75) is 70.8 Å². The minimum absolute atomic E-state index is 0.0778. The van der Waals surface area contributed by atoms with Gasteiger partial charge in [-0.05, 0) is 31.1 Å². The van der Waals surface area contributed by atoms with Gasteiger partial charge in [-0.3, -0.25) is 24.1 Å². The minimum atomic E-state index is -1.29. The Labute approximate surface area is 171 Å². The maximum Gasteiger partial charge on any atom is 0.320 e. The summed E-state index contributed by atoms with van der Waals surface area (Å²) in [6.45, 7) is 0.710. The van der Waals surface area contributed by atoms with E-state index in [0.29, 0.717) is 38.5 Å². The number of carbonyl (C=O) groups excluding carboxylic acids is 1. The summed E-state index contributed by atoms with van der Waals surface area (Å²) in [6.07, 6.45) is 4.72. The Hall–Kier alpha value is -2.84. The number of hydrogen-bond donors (Lipinski definition) is 3. The number of rotatable bonds is 15. The lowest BCUT2D eigenvalue weighted by Crippen LogP contribution is -2.46. The topological polar surface area (TPSA) is 132 Å². The van der Waals surface area contributed by atoms with Gasteiger partial charge in [-0.2, -0.15) is 0 Å². The van der Waals surface area contributed by atoms with Crippen molar-refractivity contribution in [2.75, 3.05) is 13.1 Å². The average molecular weight is 407 g/mol. The number of carboxylic acids is 3. The van der Waals surface area contributed by atoms with E-state index in [4.69, 9.17) is 10.2 Å². The van der Waals surface area contributed by atoms with Crippen molar-refractivity contribution < 1.29 is 34.5 Å². The van der Waals surface area contributed by atoms with Gasteiger partial charge in [-0.15, -0.1) is 0 Å². The number of Topliss-reactive ketones (excluding diaryl/α,β-unsaturated/α-hetero) is 1. The third-order valence-corrected chi connectivity index (χ3v) is 3.98. The fourth-order valence-electron chi connectivity index (χ4n) is 2.59. The van der Waals surface area contributed by atoms with Crippen LogP contribution in [0.1, 0.15) is 64.7 Å². The second-order valence-electron chi connectivity index (χ2n) is 6.54. The molecule has 0 bridgehead atoms. The largest absolute Gasteiger partial charge is 0.480 e. The molecule has 8 heteroatoms. The van der Waals surface area contributed by atoms with Crippen molar-refractivity contribution in [3.8, 4) is 23.7 Å². The molecule has 0 heterocycles. The number of unbranched alkanes of at least 4 members (excludes halogenated alkanes) is 3. The number of carbonyl (C=O) groups is 4. The summed E-state index contributed by atoms with van der Waals surface area (Å²) in [5.41, 5.74) is 0. The van der Waals surface area contributed by atoms with Crippen LogP contribution in [-0.4, -0.2) is 63.0 Å². The summed E-state index contributed by atoms with van der Waals surface area (Å²) in [5.74, 6) is 7.40. The van der Waals surface area contributed by atoms with E-state index in [1.807, 2.05) is 6.92 Å². The molecule has 1 atom stereocenters. The van der Waals surface area contributed by atoms with E-state index in [2.05, 4.69) is 23.7 Å². The monoisotopic (exact) mass is 407 g/mol. The van der Waals surface area contributed by atoms with Gasteiger partial charge in [-0.1, -0.05) is 31.6 Å². The molecule has 0 radical (unpaired) electrons. The molecule has 0 rings (SSSR count). The molecule has 0 amide bonds. The van der Waals surface area contributed by atoms with Gasteiger partial charge in [0, 0.05) is 25.7 Å². The summed E-state index contributed by atoms with van der Waals surface area (Å²) in [4.78, 5) is 45.8. The maximum absolute atomic E-state index is 11.8. The second-order valence-corrected chi connectivity index (χ2v) is 6.54. The van der Waals surface area contributed by atoms with Gasteiger partial charge in [0.25, 0.3) is 0 Å². The van der Waals surface area contributed by atoms with Crippen LogP contribution in [-0.2, 0) is 19.2 Å². The van der Waals surface area contributed by atoms with E-state index < -0.39 is 37.0 Å². The van der Waals surface area contributed by atoms with Gasteiger partial charge in [0.2, 0.25) is 0 Å². The number of hydrogen-bond acceptors (Lipinski definition) is 5. The Morgan fingerprint density at radius 2 is 1.41 bits per heavy atom. The third kappa shape index (κ3) is 14.8. The fraction of sp³-hybridized carbons (Fsp3) is 0.619. The SMILES string of the molecule is CCCC#CC#CCCC(=O)CCCCCC(C(=O)O)N(CC(=O)O)CC(=O)O. The lowest BCUT2D eigenvalue weighted by atomic mass is 10.0. The van der Waals surface area contributed by atoms with Crippen molar-refractivity contribution in [3.63, 3.8) is 0 Å². The number of aliphatic carboxylic acids is 3. The van der Waals surface area contributed by atoms with Crippen LogP contribution in [0.2, 0.25) is 0 Å². The van der Waals surface area contributed by atoms with Crippen LogP contribution in [0, 0.1) is 23.7 Å². The van der Waals surface area contributed by atoms with Crippen LogP contribution in [0.4, 0.5) is 0 Å². The first-order valence-electron chi connectivity index (χ1n) is 9.65. The molecule has 0 aromatic heterocycles. The molecule has 160 valence electrons. The molecule has 0 aromatic rings. The van der Waals surface area contributed by atoms with Crippen LogP contribution in [0.15, 0.2) is 0 Å². The first-order valence-corrected chi connectivity index (χ1v) is 9.65. The molecule has 0 aliphatic rings. The first kappa shape index (κ1) is 26.2. The number of nitrogens with zero attached hydrogens (tertiary/aromatic N) is 1. The zero-order valence-electron chi connectivity index (χ0n) is 16.8. The van der Waals surface area contributed by atoms with Crippen molar-refractivity contribution in [3.05, 3.63) is 0 Å². The van der Waals surface area contributed by atoms with Crippen LogP contribution < -0.4 is 0 Å². The molecule has 0 spiro atoms. The molecular weight excluding hydrogens is 378 g/mol. The number of carboxylic acid groups (broad SMARTS) is 3. The quantitative estimate of drug-likeness (QED) is 0.277. The summed E-state index contributed by atoms with van der Waals surface area (Å²) < 4.78 is 0. The van der Waals surface area contributed by atoms with Gasteiger partial charge < -0.3 is 15.3 Å². The van der Waals surface area contributed by atoms with Crippen LogP contribution >= 0.6 is 0 Å². The van der Waals surface area contributed by atoms with Crippen LogP contribution in [0.3, 0.4) is 0 Å². The normalized spacial score (nSPS) is 11.0. The molecule has 29 heavy (non-hydrogen) atoms. The van der Waals surface area contributed by atoms with Crippen molar-refractivity contribution in [1.82, 2.24) is 4.90 Å². The van der Waals surface area contributed by atoms with Gasteiger partial charge in [0.05, 0.1) is 13.1 Å². The molecule has 0 saturated heterocycles. The molecule has 0 saturated carbocycles. The highest BCUT2D eigenvalue weighted by atomic mass is 16.4. The molecule has 3 N–H and O–H groups in total. The second kappa shape index (κ2) is 16.1. The zero-order valence-corrected chi connectivity index (χ0v) is 16.8. The van der Waals surface area contributed by atoms with E-state index in [1.165, 1.54) is 0 Å². The molecule has 1 unspecified atom stereocenters. The Balaban J connectivity index is 4.25. The summed E-state index contributed by atoms with van der Waals surface area (Å²) in [5, 5.41) is 27.0. The van der Waals surface area contributed by atoms with E-state index in [0.717, 1.165) is 17.7 Å². The Bertz CT molecular complexity index is 663. The van der Waals surface area contributed by atoms with E-state index in [-0.39, 0.29) is 12.2 Å². The maximum atomic E-state index is 11.8. The van der Waals surface area contributed by atoms with Gasteiger partial charge in [0.15, 0.2) is 0 Å². The minimum Gasteiger partial charge on any atom is -0.480 e. The van der Waals surface area contributed by atoms with Crippen molar-refractivity contribution >= 4 is 23.7 Å². The van der Waals surface area contributed by atoms with E-state index >= 15 is 0 Å². The van der Waals surface area contributed by atoms with Crippen LogP contribution in [0.5, 0.6) is 0 Å². The molecule has 0 aliphatic heterocycles. The lowest BCUT2D eigenvalue weighted by Gasteiger charge is -2.25. The van der Waals surface area contributed by atoms with Crippen LogP contribution in [0.25, 0.3) is 0 Å². The van der Waals surface area contributed by atoms with Crippen molar-refractivity contribution in [2.24, 2.45) is 0 Å². The molecule has 0 aliphatic carbocycles. The molecule has 0 fully saturated rings. The summed E-state index contributed by atoms with van der Waals surface area (Å²) in [7, 11) is 0. The fourth-order valence-corrected chi connectivity index (χ4v) is 2.59. The first-order chi connectivity index (χ1) is 13.8. The van der Waals surface area contributed by atoms with Gasteiger partial charge >= 0.3 is 17.9 Å². The van der Waals surface area contributed by atoms with E-state index in [9.17, 15) is 24.3 Å². The molecular formula is C21H29NO7. The smallest absolute Gasteiger partial charge is 0.320 e. The third-order valence-electron chi connectivity index (χ3n) is 3.98. The number of ketones is 1. The highest BCUT2D eigenvalue weighted by Crippen LogP contribution is 2.13. The summed E-state index contributed by atoms with van der Waals surface area (Å²) in [6, 6.07) is -1.19. The molecule has 0 aromatic carbocycles. The predicted octanol–water partition coefficient (Wildman–Crippen LogP) is 2.02. The lowest BCUT2D eigenvalue weighted by molar-refractivity contribution is -0.149. The van der Waals surface area contributed by atoms with Gasteiger partial charge in [-0.25, -0.2) is 0 Å². The standard InChI is InChI=1S/C21H29NO7/c1-2-3-4-5-6-7-9-12-17(23)13-10-8-11-14-18(21(28)29)22(15-19(24)25)16-20(26)27/h18H,2-3,8-16H2,1H3,(H,24,25)(H,26,27)(H,28,29). The van der Waals surface area contributed by atoms with Gasteiger partial charge in [0.1, 0.15) is 11.8 Å².